The zero-order valence-electron chi connectivity index (χ0n) is 21.4. The van der Waals surface area contributed by atoms with Crippen molar-refractivity contribution in [3.63, 3.8) is 0 Å². The minimum absolute atomic E-state index is 0.148. The third kappa shape index (κ3) is 5.92. The summed E-state index contributed by atoms with van der Waals surface area (Å²) in [6, 6.07) is 31.2. The van der Waals surface area contributed by atoms with Crippen molar-refractivity contribution in [2.75, 3.05) is 10.8 Å². The van der Waals surface area contributed by atoms with Crippen LogP contribution in [-0.2, 0) is 21.2 Å². The topological polar surface area (TPSA) is 66.5 Å². The summed E-state index contributed by atoms with van der Waals surface area (Å²) >= 11 is 0. The Morgan fingerprint density at radius 1 is 0.811 bits per heavy atom. The summed E-state index contributed by atoms with van der Waals surface area (Å²) < 4.78 is 29.0. The number of carbonyl (C=O) groups excluding carboxylic acids is 1. The quantitative estimate of drug-likeness (QED) is 0.301. The molecule has 0 saturated heterocycles. The lowest BCUT2D eigenvalue weighted by Crippen LogP contribution is -2.42. The van der Waals surface area contributed by atoms with Gasteiger partial charge in [-0.2, -0.15) is 0 Å². The van der Waals surface area contributed by atoms with Gasteiger partial charge < -0.3 is 5.32 Å². The molecule has 0 aliphatic carbocycles. The minimum Gasteiger partial charge on any atom is -0.344 e. The standard InChI is InChI=1S/C31H32N2O3S/c1-4-25-13-9-11-17-29(25)33(37(35,36)27-20-18-23(2)19-21-27)22-30(34)32-31(26-14-6-5-7-15-26)28-16-10-8-12-24(28)3/h5-21,31H,4,22H2,1-3H3,(H,32,34)/t31-/m0/s1. The fraction of sp³-hybridized carbons (Fsp3) is 0.194. The third-order valence-corrected chi connectivity index (χ3v) is 8.25. The molecule has 37 heavy (non-hydrogen) atoms. The first kappa shape index (κ1) is 26.2. The molecule has 0 unspecified atom stereocenters. The molecular weight excluding hydrogens is 480 g/mol. The Kier molecular flexibility index (Phi) is 8.09. The number of anilines is 1. The largest absolute Gasteiger partial charge is 0.344 e. The highest BCUT2D eigenvalue weighted by Crippen LogP contribution is 2.29. The molecule has 4 aromatic rings. The molecule has 0 heterocycles. The van der Waals surface area contributed by atoms with Crippen molar-refractivity contribution in [3.05, 3.63) is 131 Å². The SMILES string of the molecule is CCc1ccccc1N(CC(=O)N[C@@H](c1ccccc1)c1ccccc1C)S(=O)(=O)c1ccc(C)cc1. The normalized spacial score (nSPS) is 12.1. The molecule has 0 aromatic heterocycles. The monoisotopic (exact) mass is 512 g/mol. The molecule has 1 N–H and O–H groups in total. The van der Waals surface area contributed by atoms with Gasteiger partial charge in [0.25, 0.3) is 10.0 Å². The summed E-state index contributed by atoms with van der Waals surface area (Å²) in [6.07, 6.45) is 0.633. The maximum absolute atomic E-state index is 13.9. The van der Waals surface area contributed by atoms with Gasteiger partial charge in [0.15, 0.2) is 0 Å². The number of benzene rings is 4. The number of carbonyl (C=O) groups is 1. The maximum Gasteiger partial charge on any atom is 0.264 e. The smallest absolute Gasteiger partial charge is 0.264 e. The highest BCUT2D eigenvalue weighted by Gasteiger charge is 2.29. The highest BCUT2D eigenvalue weighted by atomic mass is 32.2. The van der Waals surface area contributed by atoms with Crippen LogP contribution >= 0.6 is 0 Å². The molecule has 0 fully saturated rings. The maximum atomic E-state index is 13.9. The van der Waals surface area contributed by atoms with Crippen molar-refractivity contribution in [1.29, 1.82) is 0 Å². The number of nitrogens with one attached hydrogen (secondary N) is 1. The van der Waals surface area contributed by atoms with Crippen LogP contribution in [0.3, 0.4) is 0 Å². The van der Waals surface area contributed by atoms with Crippen LogP contribution in [0.4, 0.5) is 5.69 Å². The van der Waals surface area contributed by atoms with E-state index in [1.54, 1.807) is 36.4 Å². The average molecular weight is 513 g/mol. The van der Waals surface area contributed by atoms with E-state index in [9.17, 15) is 13.2 Å². The minimum atomic E-state index is -4.00. The lowest BCUT2D eigenvalue weighted by molar-refractivity contribution is -0.120. The van der Waals surface area contributed by atoms with Crippen LogP contribution in [0.2, 0.25) is 0 Å². The van der Waals surface area contributed by atoms with E-state index in [2.05, 4.69) is 5.32 Å². The van der Waals surface area contributed by atoms with Crippen LogP contribution < -0.4 is 9.62 Å². The zero-order chi connectivity index (χ0) is 26.4. The first-order valence-corrected chi connectivity index (χ1v) is 13.8. The number of rotatable bonds is 9. The zero-order valence-corrected chi connectivity index (χ0v) is 22.2. The van der Waals surface area contributed by atoms with E-state index in [-0.39, 0.29) is 11.4 Å². The Morgan fingerprint density at radius 3 is 2.11 bits per heavy atom. The van der Waals surface area contributed by atoms with Crippen LogP contribution in [0.25, 0.3) is 0 Å². The van der Waals surface area contributed by atoms with Gasteiger partial charge in [0.05, 0.1) is 16.6 Å². The molecule has 1 amide bonds. The highest BCUT2D eigenvalue weighted by molar-refractivity contribution is 7.92. The van der Waals surface area contributed by atoms with E-state index in [1.165, 1.54) is 4.31 Å². The van der Waals surface area contributed by atoms with Gasteiger partial charge in [0.2, 0.25) is 5.91 Å². The molecule has 0 spiro atoms. The Hall–Kier alpha value is -3.90. The molecule has 0 aliphatic heterocycles. The third-order valence-electron chi connectivity index (χ3n) is 6.48. The van der Waals surface area contributed by atoms with E-state index in [1.807, 2.05) is 87.5 Å². The Bertz CT molecular complexity index is 1470. The van der Waals surface area contributed by atoms with Gasteiger partial charge in [-0.25, -0.2) is 8.42 Å². The lowest BCUT2D eigenvalue weighted by atomic mass is 9.95. The molecule has 5 nitrogen and oxygen atoms in total. The molecule has 0 saturated carbocycles. The number of para-hydroxylation sites is 1. The lowest BCUT2D eigenvalue weighted by Gasteiger charge is -2.28. The fourth-order valence-electron chi connectivity index (χ4n) is 4.42. The van der Waals surface area contributed by atoms with E-state index < -0.39 is 22.0 Å². The van der Waals surface area contributed by atoms with Crippen LogP contribution in [0.15, 0.2) is 108 Å². The van der Waals surface area contributed by atoms with Crippen LogP contribution in [0, 0.1) is 13.8 Å². The van der Waals surface area contributed by atoms with E-state index in [0.717, 1.165) is 27.8 Å². The number of amides is 1. The molecule has 4 aromatic carbocycles. The second-order valence-electron chi connectivity index (χ2n) is 9.07. The van der Waals surface area contributed by atoms with Gasteiger partial charge in [-0.1, -0.05) is 97.4 Å². The summed E-state index contributed by atoms with van der Waals surface area (Å²) in [5.74, 6) is -0.390. The summed E-state index contributed by atoms with van der Waals surface area (Å²) in [6.45, 7) is 5.54. The first-order chi connectivity index (χ1) is 17.8. The average Bonchev–Trinajstić information content (AvgIpc) is 2.91. The van der Waals surface area contributed by atoms with Crippen molar-refractivity contribution in [3.8, 4) is 0 Å². The molecule has 0 bridgehead atoms. The molecule has 4 rings (SSSR count). The van der Waals surface area contributed by atoms with Gasteiger partial charge in [0, 0.05) is 0 Å². The van der Waals surface area contributed by atoms with Crippen LogP contribution in [0.1, 0.15) is 40.8 Å². The number of sulfonamides is 1. The molecule has 0 radical (unpaired) electrons. The first-order valence-electron chi connectivity index (χ1n) is 12.4. The van der Waals surface area contributed by atoms with Crippen molar-refractivity contribution < 1.29 is 13.2 Å². The second-order valence-corrected chi connectivity index (χ2v) is 10.9. The van der Waals surface area contributed by atoms with Crippen molar-refractivity contribution in [1.82, 2.24) is 5.32 Å². The summed E-state index contributed by atoms with van der Waals surface area (Å²) in [4.78, 5) is 13.8. The van der Waals surface area contributed by atoms with Gasteiger partial charge in [-0.05, 0) is 60.7 Å². The summed E-state index contributed by atoms with van der Waals surface area (Å²) in [7, 11) is -4.00. The fourth-order valence-corrected chi connectivity index (χ4v) is 5.88. The molecule has 6 heteroatoms. The predicted octanol–water partition coefficient (Wildman–Crippen LogP) is 5.97. The van der Waals surface area contributed by atoms with E-state index in [0.29, 0.717) is 12.1 Å². The predicted molar refractivity (Wildman–Crippen MR) is 149 cm³/mol. The summed E-state index contributed by atoms with van der Waals surface area (Å²) in [5, 5.41) is 3.12. The van der Waals surface area contributed by atoms with E-state index >= 15 is 0 Å². The Labute approximate surface area is 219 Å². The molecule has 1 atom stereocenters. The number of aryl methyl sites for hydroxylation is 3. The van der Waals surface area contributed by atoms with Crippen molar-refractivity contribution in [2.24, 2.45) is 0 Å². The second kappa shape index (κ2) is 11.4. The van der Waals surface area contributed by atoms with Crippen LogP contribution in [-0.4, -0.2) is 20.9 Å². The van der Waals surface area contributed by atoms with Gasteiger partial charge in [0.1, 0.15) is 6.54 Å². The molecular formula is C31H32N2O3S. The van der Waals surface area contributed by atoms with Gasteiger partial charge in [-0.15, -0.1) is 0 Å². The Balaban J connectivity index is 1.73. The van der Waals surface area contributed by atoms with E-state index in [4.69, 9.17) is 0 Å². The van der Waals surface area contributed by atoms with Gasteiger partial charge in [-0.3, -0.25) is 9.10 Å². The molecule has 0 aliphatic rings. The van der Waals surface area contributed by atoms with Gasteiger partial charge >= 0.3 is 0 Å². The van der Waals surface area contributed by atoms with Crippen molar-refractivity contribution >= 4 is 21.6 Å². The van der Waals surface area contributed by atoms with Crippen molar-refractivity contribution in [2.45, 2.75) is 38.1 Å². The number of nitrogens with zero attached hydrogens (tertiary/aromatic N) is 1. The molecule has 190 valence electrons. The number of hydrogen-bond acceptors (Lipinski definition) is 3. The number of hydrogen-bond donors (Lipinski definition) is 1. The Morgan fingerprint density at radius 2 is 1.43 bits per heavy atom. The van der Waals surface area contributed by atoms with Crippen LogP contribution in [0.5, 0.6) is 0 Å². The summed E-state index contributed by atoms with van der Waals surface area (Å²) in [5.41, 5.74) is 5.24.